The Labute approximate surface area is 33.9 Å². The molecule has 0 saturated carbocycles. The molecule has 1 radical (unpaired) electrons. The summed E-state index contributed by atoms with van der Waals surface area (Å²) in [7, 11) is 0. The molecule has 5 heteroatoms. The van der Waals surface area contributed by atoms with Gasteiger partial charge in [0, 0.05) is 0 Å². The topological polar surface area (TPSA) is 77.2 Å². The number of hydrogen-bond donors (Lipinski definition) is 1. The van der Waals surface area contributed by atoms with E-state index in [1.807, 2.05) is 0 Å². The van der Waals surface area contributed by atoms with Crippen LogP contribution in [0.4, 0.5) is 0 Å². The van der Waals surface area contributed by atoms with E-state index in [1.54, 1.807) is 0 Å². The minimum Gasteiger partial charge on any atom is -0.365 e. The van der Waals surface area contributed by atoms with Gasteiger partial charge in [-0.3, -0.25) is 0 Å². The van der Waals surface area contributed by atoms with Crippen LogP contribution < -0.4 is 11.3 Å². The summed E-state index contributed by atoms with van der Waals surface area (Å²) >= 11 is 0. The molecular weight excluding hydrogens is 82.0 g/mol. The van der Waals surface area contributed by atoms with E-state index in [9.17, 15) is 0 Å². The van der Waals surface area contributed by atoms with Crippen LogP contribution in [0.15, 0.2) is 15.4 Å². The van der Waals surface area contributed by atoms with Crippen LogP contribution in [0.5, 0.6) is 0 Å². The van der Waals surface area contributed by atoms with Crippen LogP contribution >= 0.6 is 0 Å². The van der Waals surface area contributed by atoms with Crippen molar-refractivity contribution in [2.24, 2.45) is 21.2 Å². The molecule has 6 heavy (non-hydrogen) atoms. The van der Waals surface area contributed by atoms with Crippen molar-refractivity contribution in [1.82, 2.24) is 5.53 Å². The van der Waals surface area contributed by atoms with Gasteiger partial charge in [0.2, 0.25) is 0 Å². The van der Waals surface area contributed by atoms with Crippen molar-refractivity contribution in [1.29, 1.82) is 0 Å². The Morgan fingerprint density at radius 3 is 2.50 bits per heavy atom. The highest BCUT2D eigenvalue weighted by atomic mass is 15.7. The van der Waals surface area contributed by atoms with Gasteiger partial charge in [0.15, 0.2) is 0 Å². The molecule has 1 aliphatic heterocycles. The first-order valence-corrected chi connectivity index (χ1v) is 1.34. The van der Waals surface area contributed by atoms with Gasteiger partial charge < -0.3 is 5.73 Å². The van der Waals surface area contributed by atoms with Crippen LogP contribution in [-0.4, -0.2) is 5.96 Å². The first kappa shape index (κ1) is 3.08. The monoisotopic (exact) mass is 84.0 g/mol. The summed E-state index contributed by atoms with van der Waals surface area (Å²) in [5, 5.41) is 9.53. The van der Waals surface area contributed by atoms with Gasteiger partial charge in [-0.05, 0) is 10.8 Å². The van der Waals surface area contributed by atoms with Gasteiger partial charge in [-0.1, -0.05) is 10.2 Å². The maximum Gasteiger partial charge on any atom is 0.263 e. The Morgan fingerprint density at radius 2 is 2.33 bits per heavy atom. The van der Waals surface area contributed by atoms with E-state index in [2.05, 4.69) is 21.0 Å². The molecule has 0 amide bonds. The molecule has 0 aliphatic carbocycles. The molecule has 0 fully saturated rings. The lowest BCUT2D eigenvalue weighted by atomic mass is 11.1. The zero-order valence-electron chi connectivity index (χ0n) is 2.87. The largest absolute Gasteiger partial charge is 0.365 e. The van der Waals surface area contributed by atoms with Crippen molar-refractivity contribution in [2.45, 2.75) is 0 Å². The summed E-state index contributed by atoms with van der Waals surface area (Å²) in [6, 6.07) is 0. The molecule has 31 valence electrons. The van der Waals surface area contributed by atoms with E-state index in [-0.39, 0.29) is 5.96 Å². The highest BCUT2D eigenvalue weighted by molar-refractivity contribution is 5.78. The Balaban J connectivity index is 2.68. The first-order chi connectivity index (χ1) is 2.89. The average molecular weight is 84.1 g/mol. The Kier molecular flexibility index (Phi) is 0.474. The van der Waals surface area contributed by atoms with Crippen molar-refractivity contribution in [3.8, 4) is 0 Å². The summed E-state index contributed by atoms with van der Waals surface area (Å²) in [6.45, 7) is 0. The molecule has 1 heterocycles. The number of guanidine groups is 1. The van der Waals surface area contributed by atoms with Crippen molar-refractivity contribution < 1.29 is 0 Å². The first-order valence-electron chi connectivity index (χ1n) is 1.34. The molecule has 0 bridgehead atoms. The molecule has 0 aromatic heterocycles. The third-order valence-electron chi connectivity index (χ3n) is 0.334. The van der Waals surface area contributed by atoms with E-state index >= 15 is 0 Å². The zero-order chi connectivity index (χ0) is 4.41. The van der Waals surface area contributed by atoms with E-state index < -0.39 is 0 Å². The minimum absolute atomic E-state index is 0.120. The van der Waals surface area contributed by atoms with Gasteiger partial charge in [-0.2, -0.15) is 0 Å². The van der Waals surface area contributed by atoms with Gasteiger partial charge in [0.05, 0.1) is 0 Å². The molecule has 0 aromatic carbocycles. The fourth-order valence-electron chi connectivity index (χ4n) is 0.152. The smallest absolute Gasteiger partial charge is 0.263 e. The van der Waals surface area contributed by atoms with E-state index in [0.29, 0.717) is 0 Å². The predicted molar refractivity (Wildman–Crippen MR) is 18.6 cm³/mol. The minimum atomic E-state index is 0.120. The second-order valence-electron chi connectivity index (χ2n) is 0.737. The fraction of sp³-hybridized carbons (Fsp3) is 0. The lowest BCUT2D eigenvalue weighted by Gasteiger charge is -1.66. The Morgan fingerprint density at radius 1 is 1.50 bits per heavy atom. The quantitative estimate of drug-likeness (QED) is 0.409. The number of nitrogens with two attached hydrogens (primary N) is 1. The predicted octanol–water partition coefficient (Wildman–Crippen LogP) is -0.799. The molecule has 0 atom stereocenters. The summed E-state index contributed by atoms with van der Waals surface area (Å²) in [6.07, 6.45) is 0. The van der Waals surface area contributed by atoms with Crippen molar-refractivity contribution in [2.75, 3.05) is 0 Å². The summed E-state index contributed by atoms with van der Waals surface area (Å²) in [4.78, 5) is 0. The van der Waals surface area contributed by atoms with E-state index in [0.717, 1.165) is 0 Å². The number of rotatable bonds is 0. The summed E-state index contributed by atoms with van der Waals surface area (Å²) in [5.74, 6) is 0.120. The van der Waals surface area contributed by atoms with Crippen molar-refractivity contribution in [3.05, 3.63) is 0 Å². The molecule has 1 rings (SSSR count). The van der Waals surface area contributed by atoms with Crippen LogP contribution in [0.1, 0.15) is 0 Å². The maximum atomic E-state index is 4.93. The van der Waals surface area contributed by atoms with Crippen molar-refractivity contribution in [3.63, 3.8) is 0 Å². The molecule has 0 spiro atoms. The Hall–Kier alpha value is -1.13. The van der Waals surface area contributed by atoms with Gasteiger partial charge in [0.1, 0.15) is 0 Å². The van der Waals surface area contributed by atoms with Crippen LogP contribution in [0.3, 0.4) is 0 Å². The lowest BCUT2D eigenvalue weighted by molar-refractivity contribution is 0.780. The van der Waals surface area contributed by atoms with E-state index in [4.69, 9.17) is 5.73 Å². The molecule has 1 aliphatic rings. The third kappa shape index (κ3) is 0.291. The molecule has 2 N–H and O–H groups in total. The molecular formula is CH2N5. The zero-order valence-corrected chi connectivity index (χ0v) is 2.87. The standard InChI is InChI=1S/CH2N5/c2-1-3-5-6-4-1/h(H2,2,3). The van der Waals surface area contributed by atoms with Crippen molar-refractivity contribution >= 4 is 5.96 Å². The van der Waals surface area contributed by atoms with Crippen LogP contribution in [0, 0.1) is 0 Å². The molecule has 0 unspecified atom stereocenters. The van der Waals surface area contributed by atoms with Crippen LogP contribution in [-0.2, 0) is 0 Å². The van der Waals surface area contributed by atoms with Gasteiger partial charge in [0.25, 0.3) is 5.96 Å². The fourth-order valence-corrected chi connectivity index (χ4v) is 0.152. The number of nitrogens with zero attached hydrogens (tertiary/aromatic N) is 4. The third-order valence-corrected chi connectivity index (χ3v) is 0.334. The van der Waals surface area contributed by atoms with Gasteiger partial charge in [-0.15, -0.1) is 0 Å². The molecule has 5 nitrogen and oxygen atoms in total. The Bertz CT molecular complexity index is 97.8. The second kappa shape index (κ2) is 0.925. The lowest BCUT2D eigenvalue weighted by Crippen LogP contribution is -2.03. The summed E-state index contributed by atoms with van der Waals surface area (Å²) in [5.41, 5.74) is 8.02. The SMILES string of the molecule is NC1=N[N]N=N1. The highest BCUT2D eigenvalue weighted by Crippen LogP contribution is 1.81. The van der Waals surface area contributed by atoms with Crippen LogP contribution in [0.2, 0.25) is 0 Å². The number of hydrogen-bond acceptors (Lipinski definition) is 4. The van der Waals surface area contributed by atoms with Crippen LogP contribution in [0.25, 0.3) is 0 Å². The van der Waals surface area contributed by atoms with Gasteiger partial charge >= 0.3 is 0 Å². The second-order valence-corrected chi connectivity index (χ2v) is 0.737. The summed E-state index contributed by atoms with van der Waals surface area (Å²) < 4.78 is 0. The highest BCUT2D eigenvalue weighted by Gasteiger charge is 1.91. The molecule has 0 saturated heterocycles. The molecule has 0 aromatic rings. The van der Waals surface area contributed by atoms with E-state index in [1.165, 1.54) is 0 Å². The maximum absolute atomic E-state index is 4.93. The average Bonchev–Trinajstić information content (AvgIpc) is 1.86. The van der Waals surface area contributed by atoms with Gasteiger partial charge in [-0.25, -0.2) is 0 Å². The normalized spacial score (nSPS) is 17.0.